The highest BCUT2D eigenvalue weighted by Gasteiger charge is 2.18. The van der Waals surface area contributed by atoms with Gasteiger partial charge in [-0.05, 0) is 27.3 Å². The molecular weight excluding hydrogens is 266 g/mol. The standard InChI is InChI=1S/C15H25N5O/c1-5-11(2)16-15(21)13-10-14(18-12(3)17-13)20-8-6-19(4)7-9-20/h10-11H,5-9H2,1-4H3,(H,16,21). The van der Waals surface area contributed by atoms with Gasteiger partial charge >= 0.3 is 0 Å². The molecule has 1 aliphatic heterocycles. The predicted octanol–water partition coefficient (Wildman–Crippen LogP) is 1.07. The van der Waals surface area contributed by atoms with E-state index < -0.39 is 0 Å². The maximum atomic E-state index is 12.2. The summed E-state index contributed by atoms with van der Waals surface area (Å²) in [5.41, 5.74) is 0.455. The van der Waals surface area contributed by atoms with Gasteiger partial charge in [-0.1, -0.05) is 6.92 Å². The minimum Gasteiger partial charge on any atom is -0.354 e. The van der Waals surface area contributed by atoms with Crippen LogP contribution >= 0.6 is 0 Å². The third-order valence-electron chi connectivity index (χ3n) is 3.87. The van der Waals surface area contributed by atoms with E-state index in [0.29, 0.717) is 11.5 Å². The second kappa shape index (κ2) is 6.85. The van der Waals surface area contributed by atoms with Crippen molar-refractivity contribution in [3.8, 4) is 0 Å². The molecule has 21 heavy (non-hydrogen) atoms. The molecule has 1 unspecified atom stereocenters. The molecule has 1 fully saturated rings. The minimum atomic E-state index is -0.120. The molecule has 1 aromatic heterocycles. The fraction of sp³-hybridized carbons (Fsp3) is 0.667. The highest BCUT2D eigenvalue weighted by atomic mass is 16.1. The van der Waals surface area contributed by atoms with Gasteiger partial charge in [0.05, 0.1) is 0 Å². The van der Waals surface area contributed by atoms with Crippen LogP contribution in [-0.4, -0.2) is 60.0 Å². The van der Waals surface area contributed by atoms with E-state index >= 15 is 0 Å². The van der Waals surface area contributed by atoms with Crippen LogP contribution in [0.25, 0.3) is 0 Å². The van der Waals surface area contributed by atoms with Crippen LogP contribution in [0.1, 0.15) is 36.6 Å². The summed E-state index contributed by atoms with van der Waals surface area (Å²) >= 11 is 0. The lowest BCUT2D eigenvalue weighted by atomic mass is 10.2. The number of carbonyl (C=O) groups is 1. The smallest absolute Gasteiger partial charge is 0.270 e. The van der Waals surface area contributed by atoms with E-state index in [9.17, 15) is 4.79 Å². The molecule has 0 saturated carbocycles. The number of likely N-dealkylation sites (N-methyl/N-ethyl adjacent to an activating group) is 1. The topological polar surface area (TPSA) is 61.4 Å². The number of hydrogen-bond donors (Lipinski definition) is 1. The van der Waals surface area contributed by atoms with Gasteiger partial charge in [-0.25, -0.2) is 9.97 Å². The van der Waals surface area contributed by atoms with E-state index in [2.05, 4.69) is 32.1 Å². The molecule has 2 heterocycles. The third-order valence-corrected chi connectivity index (χ3v) is 3.87. The lowest BCUT2D eigenvalue weighted by Crippen LogP contribution is -2.45. The zero-order chi connectivity index (χ0) is 15.4. The molecule has 0 aliphatic carbocycles. The Hall–Kier alpha value is -1.69. The Kier molecular flexibility index (Phi) is 5.12. The molecule has 6 heteroatoms. The molecule has 0 spiro atoms. The maximum Gasteiger partial charge on any atom is 0.270 e. The molecule has 0 radical (unpaired) electrons. The summed E-state index contributed by atoms with van der Waals surface area (Å²) in [6.07, 6.45) is 0.904. The van der Waals surface area contributed by atoms with Gasteiger partial charge < -0.3 is 15.1 Å². The quantitative estimate of drug-likeness (QED) is 0.899. The van der Waals surface area contributed by atoms with Crippen LogP contribution in [0.4, 0.5) is 5.82 Å². The number of carbonyl (C=O) groups excluding carboxylic acids is 1. The summed E-state index contributed by atoms with van der Waals surface area (Å²) < 4.78 is 0. The van der Waals surface area contributed by atoms with Gasteiger partial charge in [-0.3, -0.25) is 4.79 Å². The van der Waals surface area contributed by atoms with E-state index in [-0.39, 0.29) is 11.9 Å². The molecule has 1 aliphatic rings. The Labute approximate surface area is 126 Å². The number of nitrogens with one attached hydrogen (secondary N) is 1. The van der Waals surface area contributed by atoms with Crippen molar-refractivity contribution in [2.24, 2.45) is 0 Å². The largest absolute Gasteiger partial charge is 0.354 e. The summed E-state index contributed by atoms with van der Waals surface area (Å²) in [5.74, 6) is 1.37. The Morgan fingerprint density at radius 2 is 2.00 bits per heavy atom. The van der Waals surface area contributed by atoms with Gasteiger partial charge in [0.15, 0.2) is 0 Å². The van der Waals surface area contributed by atoms with Crippen LogP contribution in [0.5, 0.6) is 0 Å². The zero-order valence-corrected chi connectivity index (χ0v) is 13.4. The van der Waals surface area contributed by atoms with Crippen LogP contribution < -0.4 is 10.2 Å². The first-order chi connectivity index (χ1) is 9.99. The molecule has 1 amide bonds. The van der Waals surface area contributed by atoms with Gasteiger partial charge in [0.25, 0.3) is 5.91 Å². The molecule has 1 atom stereocenters. The summed E-state index contributed by atoms with van der Waals surface area (Å²) in [6, 6.07) is 1.95. The number of anilines is 1. The molecular formula is C15H25N5O. The Balaban J connectivity index is 2.15. The van der Waals surface area contributed by atoms with E-state index in [4.69, 9.17) is 0 Å². The van der Waals surface area contributed by atoms with Crippen LogP contribution in [-0.2, 0) is 0 Å². The van der Waals surface area contributed by atoms with E-state index in [0.717, 1.165) is 38.4 Å². The average Bonchev–Trinajstić information content (AvgIpc) is 2.47. The molecule has 0 aromatic carbocycles. The lowest BCUT2D eigenvalue weighted by Gasteiger charge is -2.33. The molecule has 116 valence electrons. The highest BCUT2D eigenvalue weighted by Crippen LogP contribution is 2.15. The number of hydrogen-bond acceptors (Lipinski definition) is 5. The number of amides is 1. The summed E-state index contributed by atoms with van der Waals surface area (Å²) in [6.45, 7) is 9.76. The first kappa shape index (κ1) is 15.7. The van der Waals surface area contributed by atoms with Gasteiger partial charge in [0, 0.05) is 38.3 Å². The Morgan fingerprint density at radius 1 is 1.33 bits per heavy atom. The number of aromatic nitrogens is 2. The number of rotatable bonds is 4. The van der Waals surface area contributed by atoms with Crippen molar-refractivity contribution in [1.82, 2.24) is 20.2 Å². The molecule has 0 bridgehead atoms. The fourth-order valence-electron chi connectivity index (χ4n) is 2.27. The monoisotopic (exact) mass is 291 g/mol. The van der Waals surface area contributed by atoms with Crippen molar-refractivity contribution in [1.29, 1.82) is 0 Å². The SMILES string of the molecule is CCC(C)NC(=O)c1cc(N2CCN(C)CC2)nc(C)n1. The van der Waals surface area contributed by atoms with Crippen molar-refractivity contribution in [3.63, 3.8) is 0 Å². The van der Waals surface area contributed by atoms with Crippen LogP contribution in [0.15, 0.2) is 6.07 Å². The summed E-state index contributed by atoms with van der Waals surface area (Å²) in [5, 5.41) is 2.95. The van der Waals surface area contributed by atoms with E-state index in [1.807, 2.05) is 20.8 Å². The van der Waals surface area contributed by atoms with Gasteiger partial charge in [-0.2, -0.15) is 0 Å². The van der Waals surface area contributed by atoms with Gasteiger partial charge in [0.2, 0.25) is 0 Å². The first-order valence-electron chi connectivity index (χ1n) is 7.59. The fourth-order valence-corrected chi connectivity index (χ4v) is 2.27. The van der Waals surface area contributed by atoms with Gasteiger partial charge in [-0.15, -0.1) is 0 Å². The van der Waals surface area contributed by atoms with Gasteiger partial charge in [0.1, 0.15) is 17.3 Å². The Bertz CT molecular complexity index is 497. The van der Waals surface area contributed by atoms with Crippen molar-refractivity contribution in [2.75, 3.05) is 38.1 Å². The average molecular weight is 291 g/mol. The van der Waals surface area contributed by atoms with E-state index in [1.165, 1.54) is 0 Å². The third kappa shape index (κ3) is 4.14. The van der Waals surface area contributed by atoms with Crippen LogP contribution in [0.3, 0.4) is 0 Å². The predicted molar refractivity (Wildman–Crippen MR) is 83.7 cm³/mol. The number of piperazine rings is 1. The lowest BCUT2D eigenvalue weighted by molar-refractivity contribution is 0.0934. The first-order valence-corrected chi connectivity index (χ1v) is 7.59. The van der Waals surface area contributed by atoms with Crippen LogP contribution in [0.2, 0.25) is 0 Å². The Morgan fingerprint density at radius 3 is 2.62 bits per heavy atom. The minimum absolute atomic E-state index is 0.120. The van der Waals surface area contributed by atoms with Crippen LogP contribution in [0, 0.1) is 6.92 Å². The summed E-state index contributed by atoms with van der Waals surface area (Å²) in [4.78, 5) is 25.5. The van der Waals surface area contributed by atoms with E-state index in [1.54, 1.807) is 6.07 Å². The molecule has 6 nitrogen and oxygen atoms in total. The molecule has 1 aromatic rings. The number of nitrogens with zero attached hydrogens (tertiary/aromatic N) is 4. The molecule has 1 N–H and O–H groups in total. The second-order valence-corrected chi connectivity index (χ2v) is 5.73. The van der Waals surface area contributed by atoms with Crippen molar-refractivity contribution in [2.45, 2.75) is 33.2 Å². The van der Waals surface area contributed by atoms with Crippen molar-refractivity contribution >= 4 is 11.7 Å². The van der Waals surface area contributed by atoms with Crippen molar-refractivity contribution < 1.29 is 4.79 Å². The zero-order valence-electron chi connectivity index (χ0n) is 13.4. The maximum absolute atomic E-state index is 12.2. The van der Waals surface area contributed by atoms with Crippen molar-refractivity contribution in [3.05, 3.63) is 17.6 Å². The molecule has 1 saturated heterocycles. The number of aryl methyl sites for hydroxylation is 1. The highest BCUT2D eigenvalue weighted by molar-refractivity contribution is 5.93. The second-order valence-electron chi connectivity index (χ2n) is 5.73. The molecule has 2 rings (SSSR count). The summed E-state index contributed by atoms with van der Waals surface area (Å²) in [7, 11) is 2.12. The normalized spacial score (nSPS) is 17.6.